The maximum atomic E-state index is 12.5. The fourth-order valence-corrected chi connectivity index (χ4v) is 5.14. The third kappa shape index (κ3) is 3.35. The van der Waals surface area contributed by atoms with Gasteiger partial charge in [-0.2, -0.15) is 0 Å². The van der Waals surface area contributed by atoms with E-state index in [1.807, 2.05) is 24.9 Å². The highest BCUT2D eigenvalue weighted by atomic mass is 32.2. The van der Waals surface area contributed by atoms with Crippen LogP contribution in [0, 0.1) is 12.3 Å². The van der Waals surface area contributed by atoms with E-state index in [0.717, 1.165) is 22.3 Å². The first-order valence-corrected chi connectivity index (χ1v) is 9.87. The van der Waals surface area contributed by atoms with E-state index >= 15 is 0 Å². The van der Waals surface area contributed by atoms with Crippen molar-refractivity contribution < 1.29 is 4.79 Å². The molecule has 0 bridgehead atoms. The van der Waals surface area contributed by atoms with Crippen LogP contribution in [0.2, 0.25) is 0 Å². The number of benzene rings is 1. The largest absolute Gasteiger partial charge is 0.344 e. The first-order chi connectivity index (χ1) is 11.3. The highest BCUT2D eigenvalue weighted by Crippen LogP contribution is 2.64. The number of nitrogens with zero attached hydrogens (tertiary/aromatic N) is 3. The maximum Gasteiger partial charge on any atom is 0.232 e. The van der Waals surface area contributed by atoms with Crippen LogP contribution < -0.4 is 0 Å². The Balaban J connectivity index is 1.64. The summed E-state index contributed by atoms with van der Waals surface area (Å²) in [7, 11) is 1.91. The summed E-state index contributed by atoms with van der Waals surface area (Å²) in [6.45, 7) is 7.27. The van der Waals surface area contributed by atoms with E-state index in [2.05, 4.69) is 48.3 Å². The van der Waals surface area contributed by atoms with E-state index in [9.17, 15) is 4.79 Å². The van der Waals surface area contributed by atoms with Gasteiger partial charge in [-0.15, -0.1) is 10.2 Å². The van der Waals surface area contributed by atoms with E-state index in [4.69, 9.17) is 0 Å². The monoisotopic (exact) mass is 361 g/mol. The summed E-state index contributed by atoms with van der Waals surface area (Å²) in [4.78, 5) is 14.4. The molecule has 3 rings (SSSR count). The van der Waals surface area contributed by atoms with Crippen LogP contribution in [-0.2, 0) is 10.2 Å². The number of likely N-dealkylation sites (N-methyl/N-ethyl adjacent to an activating group) is 1. The van der Waals surface area contributed by atoms with E-state index in [0.29, 0.717) is 5.75 Å². The molecule has 2 aromatic rings. The fraction of sp³-hybridized carbons (Fsp3) is 0.500. The lowest BCUT2D eigenvalue weighted by Crippen LogP contribution is -2.37. The Labute approximate surface area is 151 Å². The second-order valence-corrected chi connectivity index (χ2v) is 9.54. The van der Waals surface area contributed by atoms with Crippen molar-refractivity contribution in [1.29, 1.82) is 0 Å². The molecule has 1 aliphatic rings. The molecular formula is C18H23N3OS2. The Morgan fingerprint density at radius 2 is 1.96 bits per heavy atom. The molecule has 1 aliphatic carbocycles. The number of hydrogen-bond acceptors (Lipinski definition) is 5. The molecule has 6 heteroatoms. The molecule has 0 aliphatic heterocycles. The molecule has 1 aromatic heterocycles. The Morgan fingerprint density at radius 3 is 2.50 bits per heavy atom. The summed E-state index contributed by atoms with van der Waals surface area (Å²) in [5.41, 5.74) is 1.64. The number of amides is 1. The van der Waals surface area contributed by atoms with E-state index in [1.165, 1.54) is 28.7 Å². The van der Waals surface area contributed by atoms with Crippen molar-refractivity contribution in [3.8, 4) is 0 Å². The first-order valence-electron chi connectivity index (χ1n) is 8.06. The van der Waals surface area contributed by atoms with Crippen molar-refractivity contribution >= 4 is 29.0 Å². The molecule has 1 heterocycles. The highest BCUT2D eigenvalue weighted by Gasteiger charge is 2.62. The smallest absolute Gasteiger partial charge is 0.232 e. The molecule has 0 N–H and O–H groups in total. The number of hydrogen-bond donors (Lipinski definition) is 0. The number of rotatable bonds is 6. The number of aryl methyl sites for hydroxylation is 1. The quantitative estimate of drug-likeness (QED) is 0.735. The summed E-state index contributed by atoms with van der Waals surface area (Å²) < 4.78 is 0.860. The van der Waals surface area contributed by atoms with Gasteiger partial charge in [0.2, 0.25) is 5.91 Å². The number of thioether (sulfide) groups is 1. The van der Waals surface area contributed by atoms with E-state index < -0.39 is 0 Å². The van der Waals surface area contributed by atoms with Gasteiger partial charge in [-0.3, -0.25) is 4.79 Å². The molecular weight excluding hydrogens is 338 g/mol. The molecule has 1 atom stereocenters. The first kappa shape index (κ1) is 17.4. The standard InChI is InChI=1S/C18H23N3OS2/c1-13-19-20-16(24-13)23-10-15(22)21(4)12-18(11-17(18,2)3)14-8-6-5-7-9-14/h5-9H,10-12H2,1-4H3. The molecule has 1 unspecified atom stereocenters. The topological polar surface area (TPSA) is 46.1 Å². The average Bonchev–Trinajstić information content (AvgIpc) is 2.89. The van der Waals surface area contributed by atoms with E-state index in [1.54, 1.807) is 0 Å². The minimum Gasteiger partial charge on any atom is -0.344 e. The Hall–Kier alpha value is -1.40. The van der Waals surface area contributed by atoms with Crippen LogP contribution in [-0.4, -0.2) is 40.3 Å². The zero-order valence-electron chi connectivity index (χ0n) is 14.6. The summed E-state index contributed by atoms with van der Waals surface area (Å²) in [5.74, 6) is 0.557. The molecule has 0 radical (unpaired) electrons. The third-order valence-electron chi connectivity index (χ3n) is 5.00. The van der Waals surface area contributed by atoms with Crippen molar-refractivity contribution in [1.82, 2.24) is 15.1 Å². The molecule has 0 saturated heterocycles. The lowest BCUT2D eigenvalue weighted by molar-refractivity contribution is -0.127. The SMILES string of the molecule is Cc1nnc(SCC(=O)N(C)CC2(c3ccccc3)CC2(C)C)s1. The molecule has 24 heavy (non-hydrogen) atoms. The van der Waals surface area contributed by atoms with Crippen LogP contribution in [0.3, 0.4) is 0 Å². The third-order valence-corrected chi connectivity index (χ3v) is 6.96. The van der Waals surface area contributed by atoms with Crippen LogP contribution in [0.25, 0.3) is 0 Å². The molecule has 1 aromatic carbocycles. The number of carbonyl (C=O) groups excluding carboxylic acids is 1. The van der Waals surface area contributed by atoms with Gasteiger partial charge < -0.3 is 4.90 Å². The van der Waals surface area contributed by atoms with Gasteiger partial charge in [0.25, 0.3) is 0 Å². The van der Waals surface area contributed by atoms with Crippen LogP contribution in [0.15, 0.2) is 34.7 Å². The zero-order valence-corrected chi connectivity index (χ0v) is 16.2. The predicted molar refractivity (Wildman–Crippen MR) is 99.5 cm³/mol. The van der Waals surface area contributed by atoms with Gasteiger partial charge >= 0.3 is 0 Å². The summed E-state index contributed by atoms with van der Waals surface area (Å²) >= 11 is 3.01. The van der Waals surface area contributed by atoms with Crippen molar-refractivity contribution in [2.45, 2.75) is 36.9 Å². The van der Waals surface area contributed by atoms with Crippen LogP contribution in [0.4, 0.5) is 0 Å². The minimum absolute atomic E-state index is 0.0721. The van der Waals surface area contributed by atoms with Gasteiger partial charge in [0, 0.05) is 19.0 Å². The lowest BCUT2D eigenvalue weighted by atomic mass is 9.87. The summed E-state index contributed by atoms with van der Waals surface area (Å²) in [5, 5.41) is 8.99. The summed E-state index contributed by atoms with van der Waals surface area (Å²) in [6.07, 6.45) is 1.12. The highest BCUT2D eigenvalue weighted by molar-refractivity contribution is 8.01. The minimum atomic E-state index is 0.0721. The second kappa shape index (κ2) is 6.48. The predicted octanol–water partition coefficient (Wildman–Crippen LogP) is 3.76. The zero-order chi connectivity index (χ0) is 17.4. The lowest BCUT2D eigenvalue weighted by Gasteiger charge is -2.27. The average molecular weight is 362 g/mol. The van der Waals surface area contributed by atoms with Gasteiger partial charge in [-0.25, -0.2) is 0 Å². The van der Waals surface area contributed by atoms with Crippen molar-refractivity contribution in [3.05, 3.63) is 40.9 Å². The van der Waals surface area contributed by atoms with Crippen LogP contribution in [0.5, 0.6) is 0 Å². The van der Waals surface area contributed by atoms with Crippen molar-refractivity contribution in [2.24, 2.45) is 5.41 Å². The molecule has 4 nitrogen and oxygen atoms in total. The van der Waals surface area contributed by atoms with Gasteiger partial charge in [0.05, 0.1) is 5.75 Å². The number of carbonyl (C=O) groups is 1. The van der Waals surface area contributed by atoms with Crippen LogP contribution in [0.1, 0.15) is 30.8 Å². The summed E-state index contributed by atoms with van der Waals surface area (Å²) in [6, 6.07) is 10.6. The van der Waals surface area contributed by atoms with Crippen molar-refractivity contribution in [3.63, 3.8) is 0 Å². The van der Waals surface area contributed by atoms with Gasteiger partial charge in [0.15, 0.2) is 4.34 Å². The van der Waals surface area contributed by atoms with Gasteiger partial charge in [0.1, 0.15) is 5.01 Å². The molecule has 0 spiro atoms. The normalized spacial score (nSPS) is 21.5. The Morgan fingerprint density at radius 1 is 1.29 bits per heavy atom. The number of aromatic nitrogens is 2. The van der Waals surface area contributed by atoms with Crippen molar-refractivity contribution in [2.75, 3.05) is 19.3 Å². The molecule has 128 valence electrons. The maximum absolute atomic E-state index is 12.5. The van der Waals surface area contributed by atoms with Gasteiger partial charge in [-0.1, -0.05) is 67.3 Å². The fourth-order valence-electron chi connectivity index (χ4n) is 3.38. The molecule has 1 amide bonds. The molecule has 1 fully saturated rings. The Bertz CT molecular complexity index is 729. The Kier molecular flexibility index (Phi) is 4.71. The second-order valence-electron chi connectivity index (χ2n) is 7.13. The van der Waals surface area contributed by atoms with Gasteiger partial charge in [-0.05, 0) is 24.3 Å². The van der Waals surface area contributed by atoms with E-state index in [-0.39, 0.29) is 16.7 Å². The van der Waals surface area contributed by atoms with Crippen LogP contribution >= 0.6 is 23.1 Å². The molecule has 1 saturated carbocycles.